The van der Waals surface area contributed by atoms with Crippen molar-refractivity contribution < 1.29 is 18.0 Å². The number of nitrogens with zero attached hydrogens (tertiary/aromatic N) is 4. The Morgan fingerprint density at radius 2 is 1.76 bits per heavy atom. The monoisotopic (exact) mass is 412 g/mol. The molecular weight excluding hydrogens is 385 g/mol. The molecule has 1 aromatic rings. The number of hydrogen-bond acceptors (Lipinski definition) is 4. The van der Waals surface area contributed by atoms with Crippen LogP contribution in [0, 0.1) is 5.92 Å². The molecule has 0 N–H and O–H groups in total. The van der Waals surface area contributed by atoms with E-state index in [2.05, 4.69) is 5.10 Å². The predicted molar refractivity (Wildman–Crippen MR) is 100 cm³/mol. The lowest BCUT2D eigenvalue weighted by molar-refractivity contribution is -0.159. The maximum Gasteiger partial charge on any atom is 0.406 e. The third kappa shape index (κ3) is 4.65. The maximum absolute atomic E-state index is 12.6. The van der Waals surface area contributed by atoms with Gasteiger partial charge < -0.3 is 4.90 Å². The first kappa shape index (κ1) is 20.4. The minimum absolute atomic E-state index is 0.0538. The smallest absolute Gasteiger partial charge is 0.332 e. The third-order valence-electron chi connectivity index (χ3n) is 6.43. The Balaban J connectivity index is 1.32. The fourth-order valence-electron chi connectivity index (χ4n) is 4.86. The number of alkyl halides is 3. The molecule has 1 aromatic heterocycles. The Labute approximate surface area is 167 Å². The summed E-state index contributed by atoms with van der Waals surface area (Å²) in [5.41, 5.74) is 2.06. The zero-order chi connectivity index (χ0) is 20.6. The van der Waals surface area contributed by atoms with Gasteiger partial charge in [0.15, 0.2) is 0 Å². The lowest BCUT2D eigenvalue weighted by Gasteiger charge is -2.35. The number of likely N-dealkylation sites (tertiary alicyclic amines) is 2. The summed E-state index contributed by atoms with van der Waals surface area (Å²) in [7, 11) is 0. The van der Waals surface area contributed by atoms with E-state index < -0.39 is 24.7 Å². The molecule has 9 heteroatoms. The second-order valence-corrected chi connectivity index (χ2v) is 8.50. The fraction of sp³-hybridized carbons (Fsp3) is 0.750. The first-order valence-electron chi connectivity index (χ1n) is 10.5. The van der Waals surface area contributed by atoms with E-state index in [0.717, 1.165) is 54.7 Å². The summed E-state index contributed by atoms with van der Waals surface area (Å²) in [6.45, 7) is 0.906. The maximum atomic E-state index is 12.6. The average Bonchev–Trinajstić information content (AvgIpc) is 3.02. The highest BCUT2D eigenvalue weighted by Crippen LogP contribution is 2.27. The van der Waals surface area contributed by atoms with Crippen molar-refractivity contribution in [1.82, 2.24) is 19.6 Å². The van der Waals surface area contributed by atoms with E-state index in [-0.39, 0.29) is 12.1 Å². The molecule has 29 heavy (non-hydrogen) atoms. The largest absolute Gasteiger partial charge is 0.406 e. The molecule has 4 rings (SSSR count). The van der Waals surface area contributed by atoms with E-state index in [1.54, 1.807) is 10.7 Å². The standard InChI is InChI=1S/C20H27F3N4O2/c21-20(22,23)13-26-10-7-17(19(26)29)25-8-5-14(6-9-25)12-27-18(28)11-15-3-1-2-4-16(15)24-27/h11,14,17H,1-10,12-13H2. The van der Waals surface area contributed by atoms with Gasteiger partial charge in [-0.25, -0.2) is 4.68 Å². The molecule has 0 bridgehead atoms. The number of rotatable bonds is 4. The van der Waals surface area contributed by atoms with Crippen molar-refractivity contribution in [1.29, 1.82) is 0 Å². The van der Waals surface area contributed by atoms with Crippen LogP contribution in [0.15, 0.2) is 10.9 Å². The summed E-state index contributed by atoms with van der Waals surface area (Å²) in [4.78, 5) is 27.7. The molecule has 1 amide bonds. The van der Waals surface area contributed by atoms with Crippen LogP contribution in [-0.4, -0.2) is 63.9 Å². The first-order chi connectivity index (χ1) is 13.8. The van der Waals surface area contributed by atoms with Crippen LogP contribution in [0.25, 0.3) is 0 Å². The molecule has 2 aliphatic heterocycles. The SMILES string of the molecule is O=C1C(N2CCC(Cn3nc4c(cc3=O)CCCC4)CC2)CCN1CC(F)(F)F. The number of halogens is 3. The highest BCUT2D eigenvalue weighted by molar-refractivity contribution is 5.84. The molecule has 3 aliphatic rings. The quantitative estimate of drug-likeness (QED) is 0.759. The molecular formula is C20H27F3N4O2. The van der Waals surface area contributed by atoms with E-state index in [1.807, 2.05) is 4.90 Å². The Morgan fingerprint density at radius 3 is 2.48 bits per heavy atom. The van der Waals surface area contributed by atoms with Crippen molar-refractivity contribution in [2.75, 3.05) is 26.2 Å². The average molecular weight is 412 g/mol. The molecule has 1 unspecified atom stereocenters. The summed E-state index contributed by atoms with van der Waals surface area (Å²) in [5, 5.41) is 4.58. The van der Waals surface area contributed by atoms with Gasteiger partial charge in [0.1, 0.15) is 6.54 Å². The van der Waals surface area contributed by atoms with Gasteiger partial charge in [0, 0.05) is 19.2 Å². The van der Waals surface area contributed by atoms with Gasteiger partial charge in [-0.15, -0.1) is 0 Å². The molecule has 0 spiro atoms. The van der Waals surface area contributed by atoms with Crippen molar-refractivity contribution >= 4 is 5.91 Å². The van der Waals surface area contributed by atoms with E-state index >= 15 is 0 Å². The lowest BCUT2D eigenvalue weighted by atomic mass is 9.95. The van der Waals surface area contributed by atoms with E-state index in [4.69, 9.17) is 0 Å². The van der Waals surface area contributed by atoms with Gasteiger partial charge in [-0.05, 0) is 69.5 Å². The number of fused-ring (bicyclic) bond motifs is 1. The van der Waals surface area contributed by atoms with Gasteiger partial charge in [0.25, 0.3) is 5.56 Å². The number of carbonyl (C=O) groups excluding carboxylic acids is 1. The van der Waals surface area contributed by atoms with E-state index in [9.17, 15) is 22.8 Å². The molecule has 1 atom stereocenters. The highest BCUT2D eigenvalue weighted by Gasteiger charge is 2.42. The molecule has 0 radical (unpaired) electrons. The fourth-order valence-corrected chi connectivity index (χ4v) is 4.86. The summed E-state index contributed by atoms with van der Waals surface area (Å²) in [5.74, 6) is -0.116. The van der Waals surface area contributed by atoms with Crippen molar-refractivity contribution in [3.8, 4) is 0 Å². The van der Waals surface area contributed by atoms with Gasteiger partial charge in [-0.1, -0.05) is 0 Å². The second-order valence-electron chi connectivity index (χ2n) is 8.50. The molecule has 6 nitrogen and oxygen atoms in total. The van der Waals surface area contributed by atoms with E-state index in [0.29, 0.717) is 32.0 Å². The Kier molecular flexibility index (Phi) is 5.68. The Morgan fingerprint density at radius 1 is 1.03 bits per heavy atom. The molecule has 2 saturated heterocycles. The number of hydrogen-bond donors (Lipinski definition) is 0. The van der Waals surface area contributed by atoms with Gasteiger partial charge in [0.2, 0.25) is 5.91 Å². The van der Waals surface area contributed by atoms with Crippen molar-refractivity contribution in [2.24, 2.45) is 5.92 Å². The van der Waals surface area contributed by atoms with Crippen molar-refractivity contribution in [2.45, 2.75) is 63.7 Å². The number of carbonyl (C=O) groups is 1. The van der Waals surface area contributed by atoms with Crippen molar-refractivity contribution in [3.63, 3.8) is 0 Å². The summed E-state index contributed by atoms with van der Waals surface area (Å²) in [6.07, 6.45) is 1.79. The second kappa shape index (κ2) is 8.08. The number of aromatic nitrogens is 2. The summed E-state index contributed by atoms with van der Waals surface area (Å²) < 4.78 is 39.4. The Hall–Kier alpha value is -1.90. The molecule has 160 valence electrons. The van der Waals surface area contributed by atoms with Crippen LogP contribution in [0.3, 0.4) is 0 Å². The third-order valence-corrected chi connectivity index (χ3v) is 6.43. The molecule has 1 aliphatic carbocycles. The first-order valence-corrected chi connectivity index (χ1v) is 10.5. The zero-order valence-corrected chi connectivity index (χ0v) is 16.5. The number of piperidine rings is 1. The summed E-state index contributed by atoms with van der Waals surface area (Å²) >= 11 is 0. The van der Waals surface area contributed by atoms with Crippen LogP contribution >= 0.6 is 0 Å². The van der Waals surface area contributed by atoms with Crippen LogP contribution in [-0.2, 0) is 24.2 Å². The van der Waals surface area contributed by atoms with Crippen LogP contribution in [0.1, 0.15) is 43.4 Å². The topological polar surface area (TPSA) is 58.4 Å². The van der Waals surface area contributed by atoms with Gasteiger partial charge in [0.05, 0.1) is 11.7 Å². The Bertz CT molecular complexity index is 815. The van der Waals surface area contributed by atoms with Crippen LogP contribution in [0.4, 0.5) is 13.2 Å². The van der Waals surface area contributed by atoms with E-state index in [1.165, 1.54) is 0 Å². The number of aryl methyl sites for hydroxylation is 2. The van der Waals surface area contributed by atoms with Gasteiger partial charge >= 0.3 is 6.18 Å². The van der Waals surface area contributed by atoms with Gasteiger partial charge in [-0.2, -0.15) is 18.3 Å². The van der Waals surface area contributed by atoms with Crippen LogP contribution in [0.2, 0.25) is 0 Å². The molecule has 0 aromatic carbocycles. The molecule has 2 fully saturated rings. The predicted octanol–water partition coefficient (Wildman–Crippen LogP) is 2.00. The normalized spacial score (nSPS) is 24.2. The van der Waals surface area contributed by atoms with Gasteiger partial charge in [-0.3, -0.25) is 14.5 Å². The van der Waals surface area contributed by atoms with Crippen molar-refractivity contribution in [3.05, 3.63) is 27.7 Å². The minimum atomic E-state index is -4.35. The highest BCUT2D eigenvalue weighted by atomic mass is 19.4. The molecule has 0 saturated carbocycles. The summed E-state index contributed by atoms with van der Waals surface area (Å²) in [6, 6.07) is 1.28. The lowest BCUT2D eigenvalue weighted by Crippen LogP contribution is -2.47. The molecule has 3 heterocycles. The zero-order valence-electron chi connectivity index (χ0n) is 16.5. The number of amides is 1. The van der Waals surface area contributed by atoms with Crippen LogP contribution < -0.4 is 5.56 Å². The van der Waals surface area contributed by atoms with Crippen LogP contribution in [0.5, 0.6) is 0 Å². The minimum Gasteiger partial charge on any atom is -0.332 e.